The number of methoxy groups -OCH3 is 1. The third kappa shape index (κ3) is 4.45. The molecule has 3 heterocycles. The number of nitrogens with one attached hydrogen (secondary N) is 1. The molecular formula is C19H31N5O2. The van der Waals surface area contributed by atoms with Gasteiger partial charge in [0.15, 0.2) is 0 Å². The van der Waals surface area contributed by atoms with E-state index in [4.69, 9.17) is 4.74 Å². The Morgan fingerprint density at radius 1 is 1.27 bits per heavy atom. The average molecular weight is 361 g/mol. The topological polar surface area (TPSA) is 60.9 Å². The maximum Gasteiger partial charge on any atom is 0.321 e. The van der Waals surface area contributed by atoms with E-state index >= 15 is 0 Å². The molecule has 1 aromatic heterocycles. The molecule has 0 bridgehead atoms. The predicted molar refractivity (Wildman–Crippen MR) is 104 cm³/mol. The van der Waals surface area contributed by atoms with Gasteiger partial charge in [0, 0.05) is 52.4 Å². The van der Waals surface area contributed by atoms with Crippen LogP contribution in [-0.4, -0.2) is 79.8 Å². The van der Waals surface area contributed by atoms with Crippen molar-refractivity contribution >= 4 is 17.5 Å². The van der Waals surface area contributed by atoms with Crippen molar-refractivity contribution in [3.63, 3.8) is 0 Å². The lowest BCUT2D eigenvalue weighted by Crippen LogP contribution is -2.55. The van der Waals surface area contributed by atoms with E-state index in [1.807, 2.05) is 24.0 Å². The fraction of sp³-hybridized carbons (Fsp3) is 0.684. The van der Waals surface area contributed by atoms with Gasteiger partial charge >= 0.3 is 6.03 Å². The number of piperazine rings is 1. The number of aryl methyl sites for hydroxylation is 1. The minimum Gasteiger partial charge on any atom is -0.383 e. The molecule has 0 saturated carbocycles. The fourth-order valence-electron chi connectivity index (χ4n) is 3.72. The highest BCUT2D eigenvalue weighted by Gasteiger charge is 2.26. The summed E-state index contributed by atoms with van der Waals surface area (Å²) in [5, 5.41) is 3.04. The number of amides is 2. The summed E-state index contributed by atoms with van der Waals surface area (Å²) in [7, 11) is 1.72. The van der Waals surface area contributed by atoms with Crippen LogP contribution in [0.2, 0.25) is 0 Å². The SMILES string of the molecule is COCCN1CCN(C(=O)Nc2ccc(N3CCCC3)nc2C)CC1C. The first-order valence-electron chi connectivity index (χ1n) is 9.60. The molecule has 7 nitrogen and oxygen atoms in total. The molecule has 1 aromatic rings. The van der Waals surface area contributed by atoms with E-state index in [2.05, 4.69) is 27.0 Å². The van der Waals surface area contributed by atoms with E-state index in [-0.39, 0.29) is 6.03 Å². The van der Waals surface area contributed by atoms with E-state index in [1.165, 1.54) is 12.8 Å². The van der Waals surface area contributed by atoms with Gasteiger partial charge in [0.1, 0.15) is 5.82 Å². The molecule has 0 radical (unpaired) electrons. The molecule has 26 heavy (non-hydrogen) atoms. The second-order valence-corrected chi connectivity index (χ2v) is 7.25. The van der Waals surface area contributed by atoms with Gasteiger partial charge in [-0.3, -0.25) is 4.90 Å². The molecule has 0 aromatic carbocycles. The van der Waals surface area contributed by atoms with E-state index < -0.39 is 0 Å². The van der Waals surface area contributed by atoms with E-state index in [0.717, 1.165) is 63.1 Å². The smallest absolute Gasteiger partial charge is 0.321 e. The monoisotopic (exact) mass is 361 g/mol. The lowest BCUT2D eigenvalue weighted by molar-refractivity contribution is 0.0742. The van der Waals surface area contributed by atoms with E-state index in [0.29, 0.717) is 6.04 Å². The molecule has 0 spiro atoms. The number of carbonyl (C=O) groups excluding carboxylic acids is 1. The third-order valence-corrected chi connectivity index (χ3v) is 5.38. The van der Waals surface area contributed by atoms with Gasteiger partial charge in [-0.15, -0.1) is 0 Å². The molecule has 2 aliphatic rings. The molecule has 1 N–H and O–H groups in total. The van der Waals surface area contributed by atoms with Crippen molar-refractivity contribution in [3.8, 4) is 0 Å². The Labute approximate surface area is 156 Å². The highest BCUT2D eigenvalue weighted by molar-refractivity contribution is 5.90. The maximum atomic E-state index is 12.7. The molecule has 0 aliphatic carbocycles. The average Bonchev–Trinajstić information content (AvgIpc) is 3.17. The Balaban J connectivity index is 1.56. The summed E-state index contributed by atoms with van der Waals surface area (Å²) in [6.45, 7) is 10.2. The number of urea groups is 1. The van der Waals surface area contributed by atoms with Crippen LogP contribution in [0.25, 0.3) is 0 Å². The standard InChI is InChI=1S/C19H31N5O2/c1-15-14-24(11-10-22(15)12-13-26-3)19(25)21-17-6-7-18(20-16(17)2)23-8-4-5-9-23/h6-7,15H,4-5,8-14H2,1-3H3,(H,21,25). The van der Waals surface area contributed by atoms with Gasteiger partial charge in [0.05, 0.1) is 18.0 Å². The zero-order valence-corrected chi connectivity index (χ0v) is 16.2. The van der Waals surface area contributed by atoms with Crippen LogP contribution in [-0.2, 0) is 4.74 Å². The Kier molecular flexibility index (Phi) is 6.32. The zero-order chi connectivity index (χ0) is 18.5. The third-order valence-electron chi connectivity index (χ3n) is 5.38. The second kappa shape index (κ2) is 8.68. The lowest BCUT2D eigenvalue weighted by atomic mass is 10.2. The molecule has 1 atom stereocenters. The summed E-state index contributed by atoms with van der Waals surface area (Å²) in [6.07, 6.45) is 2.46. The highest BCUT2D eigenvalue weighted by Crippen LogP contribution is 2.22. The normalized spacial score (nSPS) is 21.3. The van der Waals surface area contributed by atoms with Gasteiger partial charge in [-0.2, -0.15) is 0 Å². The summed E-state index contributed by atoms with van der Waals surface area (Å²) in [5.74, 6) is 1.01. The highest BCUT2D eigenvalue weighted by atomic mass is 16.5. The molecule has 2 amide bonds. The summed E-state index contributed by atoms with van der Waals surface area (Å²) in [6, 6.07) is 4.29. The molecule has 2 saturated heterocycles. The quantitative estimate of drug-likeness (QED) is 0.871. The van der Waals surface area contributed by atoms with Crippen LogP contribution in [0.3, 0.4) is 0 Å². The Morgan fingerprint density at radius 3 is 2.69 bits per heavy atom. The zero-order valence-electron chi connectivity index (χ0n) is 16.2. The molecule has 144 valence electrons. The molecule has 7 heteroatoms. The second-order valence-electron chi connectivity index (χ2n) is 7.25. The van der Waals surface area contributed by atoms with Crippen molar-refractivity contribution in [2.45, 2.75) is 32.7 Å². The van der Waals surface area contributed by atoms with Crippen molar-refractivity contribution in [1.82, 2.24) is 14.8 Å². The number of aromatic nitrogens is 1. The molecular weight excluding hydrogens is 330 g/mol. The summed E-state index contributed by atoms with van der Waals surface area (Å²) in [5.41, 5.74) is 1.67. The number of carbonyl (C=O) groups is 1. The largest absolute Gasteiger partial charge is 0.383 e. The van der Waals surface area contributed by atoms with Crippen molar-refractivity contribution in [2.24, 2.45) is 0 Å². The summed E-state index contributed by atoms with van der Waals surface area (Å²) >= 11 is 0. The molecule has 2 fully saturated rings. The number of pyridine rings is 1. The minimum absolute atomic E-state index is 0.0398. The molecule has 1 unspecified atom stereocenters. The van der Waals surface area contributed by atoms with Crippen LogP contribution in [0.15, 0.2) is 12.1 Å². The van der Waals surface area contributed by atoms with Gasteiger partial charge in [-0.25, -0.2) is 9.78 Å². The number of hydrogen-bond donors (Lipinski definition) is 1. The first kappa shape index (κ1) is 18.9. The predicted octanol–water partition coefficient (Wildman–Crippen LogP) is 2.17. The van der Waals surface area contributed by atoms with Gasteiger partial charge < -0.3 is 19.9 Å². The van der Waals surface area contributed by atoms with Gasteiger partial charge in [-0.1, -0.05) is 0 Å². The Hall–Kier alpha value is -1.86. The van der Waals surface area contributed by atoms with Crippen LogP contribution >= 0.6 is 0 Å². The molecule has 2 aliphatic heterocycles. The number of ether oxygens (including phenoxy) is 1. The van der Waals surface area contributed by atoms with E-state index in [9.17, 15) is 4.79 Å². The molecule has 3 rings (SSSR count). The van der Waals surface area contributed by atoms with Gasteiger partial charge in [-0.05, 0) is 38.8 Å². The van der Waals surface area contributed by atoms with Crippen LogP contribution in [0.5, 0.6) is 0 Å². The van der Waals surface area contributed by atoms with Crippen molar-refractivity contribution in [2.75, 3.05) is 63.2 Å². The van der Waals surface area contributed by atoms with Crippen molar-refractivity contribution < 1.29 is 9.53 Å². The minimum atomic E-state index is -0.0398. The first-order chi connectivity index (χ1) is 12.6. The number of hydrogen-bond acceptors (Lipinski definition) is 5. The first-order valence-corrected chi connectivity index (χ1v) is 9.60. The number of rotatable bonds is 5. The van der Waals surface area contributed by atoms with E-state index in [1.54, 1.807) is 7.11 Å². The van der Waals surface area contributed by atoms with Crippen LogP contribution in [0.1, 0.15) is 25.5 Å². The van der Waals surface area contributed by atoms with Gasteiger partial charge in [0.25, 0.3) is 0 Å². The van der Waals surface area contributed by atoms with Crippen molar-refractivity contribution in [1.29, 1.82) is 0 Å². The summed E-state index contributed by atoms with van der Waals surface area (Å²) < 4.78 is 5.16. The Morgan fingerprint density at radius 2 is 2.04 bits per heavy atom. The van der Waals surface area contributed by atoms with Crippen LogP contribution in [0.4, 0.5) is 16.3 Å². The lowest BCUT2D eigenvalue weighted by Gasteiger charge is -2.39. The van der Waals surface area contributed by atoms with Crippen LogP contribution < -0.4 is 10.2 Å². The maximum absolute atomic E-state index is 12.7. The summed E-state index contributed by atoms with van der Waals surface area (Å²) in [4.78, 5) is 23.9. The number of nitrogens with zero attached hydrogens (tertiary/aromatic N) is 4. The van der Waals surface area contributed by atoms with Gasteiger partial charge in [0.2, 0.25) is 0 Å². The van der Waals surface area contributed by atoms with Crippen molar-refractivity contribution in [3.05, 3.63) is 17.8 Å². The van der Waals surface area contributed by atoms with Crippen LogP contribution in [0, 0.1) is 6.92 Å². The number of anilines is 2. The fourth-order valence-corrected chi connectivity index (χ4v) is 3.72. The Bertz CT molecular complexity index is 618.